The van der Waals surface area contributed by atoms with Gasteiger partial charge in [-0.3, -0.25) is 0 Å². The summed E-state index contributed by atoms with van der Waals surface area (Å²) >= 11 is 0. The Hall–Kier alpha value is -1.16. The molecule has 0 unspecified atom stereocenters. The zero-order chi connectivity index (χ0) is 10.6. The third-order valence-electron chi connectivity index (χ3n) is 1.96. The van der Waals surface area contributed by atoms with E-state index in [-0.39, 0.29) is 6.54 Å². The molecule has 0 radical (unpaired) electrons. The Labute approximate surface area is 82.3 Å². The highest BCUT2D eigenvalue weighted by molar-refractivity contribution is 5.45. The fourth-order valence-electron chi connectivity index (χ4n) is 1.19. The molecule has 1 rings (SSSR count). The van der Waals surface area contributed by atoms with Crippen LogP contribution in [0.1, 0.15) is 0 Å². The molecule has 0 aliphatic carbocycles. The Morgan fingerprint density at radius 3 is 2.36 bits per heavy atom. The Kier molecular flexibility index (Phi) is 3.41. The molecule has 1 aromatic rings. The van der Waals surface area contributed by atoms with Crippen LogP contribution in [-0.4, -0.2) is 26.1 Å². The molecule has 4 heteroatoms. The summed E-state index contributed by atoms with van der Waals surface area (Å²) in [4.78, 5) is 1.49. The van der Waals surface area contributed by atoms with Gasteiger partial charge >= 0.3 is 0 Å². The van der Waals surface area contributed by atoms with Crippen molar-refractivity contribution in [1.29, 1.82) is 0 Å². The van der Waals surface area contributed by atoms with Gasteiger partial charge in [0.2, 0.25) is 0 Å². The summed E-state index contributed by atoms with van der Waals surface area (Å²) in [6, 6.07) is 9.04. The monoisotopic (exact) mass is 200 g/mol. The van der Waals surface area contributed by atoms with Gasteiger partial charge in [0.05, 0.1) is 13.1 Å². The summed E-state index contributed by atoms with van der Waals surface area (Å²) in [5.74, 6) is -2.83. The quantitative estimate of drug-likeness (QED) is 0.801. The van der Waals surface area contributed by atoms with Gasteiger partial charge in [-0.05, 0) is 12.1 Å². The van der Waals surface area contributed by atoms with Crippen molar-refractivity contribution < 1.29 is 8.78 Å². The third kappa shape index (κ3) is 2.96. The van der Waals surface area contributed by atoms with E-state index in [0.717, 1.165) is 5.69 Å². The summed E-state index contributed by atoms with van der Waals surface area (Å²) in [6.45, 7) is -0.975. The molecule has 0 aromatic heterocycles. The van der Waals surface area contributed by atoms with Crippen LogP contribution >= 0.6 is 0 Å². The maximum Gasteiger partial charge on any atom is 0.277 e. The molecule has 0 fully saturated rings. The molecule has 0 aliphatic heterocycles. The van der Waals surface area contributed by atoms with Crippen molar-refractivity contribution in [1.82, 2.24) is 0 Å². The number of hydrogen-bond donors (Lipinski definition) is 1. The van der Waals surface area contributed by atoms with Gasteiger partial charge in [0.1, 0.15) is 0 Å². The number of benzene rings is 1. The molecule has 0 saturated carbocycles. The molecule has 14 heavy (non-hydrogen) atoms. The molecule has 0 heterocycles. The van der Waals surface area contributed by atoms with Crippen LogP contribution in [0.25, 0.3) is 0 Å². The van der Waals surface area contributed by atoms with Gasteiger partial charge in [-0.25, -0.2) is 8.78 Å². The molecule has 0 amide bonds. The summed E-state index contributed by atoms with van der Waals surface area (Å²) in [5, 5.41) is 0. The Bertz CT molecular complexity index is 275. The van der Waals surface area contributed by atoms with Crippen molar-refractivity contribution in [2.24, 2.45) is 5.73 Å². The van der Waals surface area contributed by atoms with Gasteiger partial charge in [-0.1, -0.05) is 18.2 Å². The molecule has 0 atom stereocenters. The van der Waals surface area contributed by atoms with E-state index in [0.29, 0.717) is 0 Å². The van der Waals surface area contributed by atoms with Crippen LogP contribution < -0.4 is 10.6 Å². The Morgan fingerprint density at radius 1 is 1.29 bits per heavy atom. The van der Waals surface area contributed by atoms with Crippen LogP contribution in [0.4, 0.5) is 14.5 Å². The highest BCUT2D eigenvalue weighted by atomic mass is 19.3. The number of nitrogens with zero attached hydrogens (tertiary/aromatic N) is 1. The van der Waals surface area contributed by atoms with Crippen LogP contribution in [0.15, 0.2) is 30.3 Å². The summed E-state index contributed by atoms with van der Waals surface area (Å²) in [6.07, 6.45) is 0. The lowest BCUT2D eigenvalue weighted by molar-refractivity contribution is 0.0199. The van der Waals surface area contributed by atoms with Gasteiger partial charge in [0.15, 0.2) is 0 Å². The number of rotatable bonds is 4. The second-order valence-electron chi connectivity index (χ2n) is 3.25. The lowest BCUT2D eigenvalue weighted by Crippen LogP contribution is -2.40. The minimum absolute atomic E-state index is 0.354. The lowest BCUT2D eigenvalue weighted by Gasteiger charge is -2.24. The fraction of sp³-hybridized carbons (Fsp3) is 0.400. The van der Waals surface area contributed by atoms with Gasteiger partial charge in [-0.15, -0.1) is 0 Å². The summed E-state index contributed by atoms with van der Waals surface area (Å²) in [5.41, 5.74) is 5.72. The SMILES string of the molecule is CN(CC(F)(F)CN)c1ccccc1. The van der Waals surface area contributed by atoms with Crippen LogP contribution in [0, 0.1) is 0 Å². The average Bonchev–Trinajstić information content (AvgIpc) is 2.19. The second kappa shape index (κ2) is 4.37. The first kappa shape index (κ1) is 10.9. The molecule has 0 saturated heterocycles. The molecular formula is C10H14F2N2. The normalized spacial score (nSPS) is 11.4. The lowest BCUT2D eigenvalue weighted by atomic mass is 10.2. The third-order valence-corrected chi connectivity index (χ3v) is 1.96. The topological polar surface area (TPSA) is 29.3 Å². The van der Waals surface area contributed by atoms with E-state index >= 15 is 0 Å². The van der Waals surface area contributed by atoms with Gasteiger partial charge < -0.3 is 10.6 Å². The molecule has 1 aromatic carbocycles. The maximum absolute atomic E-state index is 12.9. The highest BCUT2D eigenvalue weighted by Crippen LogP contribution is 2.18. The molecule has 0 aliphatic rings. The zero-order valence-corrected chi connectivity index (χ0v) is 8.08. The first-order valence-corrected chi connectivity index (χ1v) is 4.39. The number of anilines is 1. The number of alkyl halides is 2. The van der Waals surface area contributed by atoms with Crippen molar-refractivity contribution in [3.8, 4) is 0 Å². The van der Waals surface area contributed by atoms with E-state index in [2.05, 4.69) is 0 Å². The molecule has 2 N–H and O–H groups in total. The molecule has 2 nitrogen and oxygen atoms in total. The number of nitrogens with two attached hydrogens (primary N) is 1. The number of para-hydroxylation sites is 1. The van der Waals surface area contributed by atoms with Gasteiger partial charge in [0, 0.05) is 12.7 Å². The van der Waals surface area contributed by atoms with Gasteiger partial charge in [-0.2, -0.15) is 0 Å². The summed E-state index contributed by atoms with van der Waals surface area (Å²) < 4.78 is 25.8. The van der Waals surface area contributed by atoms with E-state index in [1.54, 1.807) is 19.2 Å². The van der Waals surface area contributed by atoms with E-state index in [9.17, 15) is 8.78 Å². The predicted octanol–water partition coefficient (Wildman–Crippen LogP) is 1.72. The molecule has 0 bridgehead atoms. The second-order valence-corrected chi connectivity index (χ2v) is 3.25. The van der Waals surface area contributed by atoms with Crippen molar-refractivity contribution in [3.63, 3.8) is 0 Å². The van der Waals surface area contributed by atoms with Crippen LogP contribution in [0.5, 0.6) is 0 Å². The first-order chi connectivity index (χ1) is 6.55. The fourth-order valence-corrected chi connectivity index (χ4v) is 1.19. The predicted molar refractivity (Wildman–Crippen MR) is 53.7 cm³/mol. The van der Waals surface area contributed by atoms with E-state index < -0.39 is 12.5 Å². The molecular weight excluding hydrogens is 186 g/mol. The smallest absolute Gasteiger partial charge is 0.277 e. The minimum Gasteiger partial charge on any atom is -0.369 e. The Morgan fingerprint density at radius 2 is 1.86 bits per heavy atom. The van der Waals surface area contributed by atoms with Crippen molar-refractivity contribution in [2.75, 3.05) is 25.0 Å². The minimum atomic E-state index is -2.83. The van der Waals surface area contributed by atoms with Crippen molar-refractivity contribution in [2.45, 2.75) is 5.92 Å². The van der Waals surface area contributed by atoms with Crippen LogP contribution in [-0.2, 0) is 0 Å². The zero-order valence-electron chi connectivity index (χ0n) is 8.08. The summed E-state index contributed by atoms with van der Waals surface area (Å²) in [7, 11) is 1.62. The molecule has 0 spiro atoms. The highest BCUT2D eigenvalue weighted by Gasteiger charge is 2.28. The number of hydrogen-bond acceptors (Lipinski definition) is 2. The Balaban J connectivity index is 2.64. The van der Waals surface area contributed by atoms with Crippen molar-refractivity contribution >= 4 is 5.69 Å². The maximum atomic E-state index is 12.9. The standard InChI is InChI=1S/C10H14F2N2/c1-14(8-10(11,12)7-13)9-5-3-2-4-6-9/h2-6H,7-8,13H2,1H3. The van der Waals surface area contributed by atoms with Crippen LogP contribution in [0.3, 0.4) is 0 Å². The average molecular weight is 200 g/mol. The molecule has 78 valence electrons. The van der Waals surface area contributed by atoms with E-state index in [1.165, 1.54) is 4.90 Å². The van der Waals surface area contributed by atoms with Crippen molar-refractivity contribution in [3.05, 3.63) is 30.3 Å². The first-order valence-electron chi connectivity index (χ1n) is 4.39. The largest absolute Gasteiger partial charge is 0.369 e. The number of halogens is 2. The van der Waals surface area contributed by atoms with Gasteiger partial charge in [0.25, 0.3) is 5.92 Å². The van der Waals surface area contributed by atoms with E-state index in [4.69, 9.17) is 5.73 Å². The van der Waals surface area contributed by atoms with Crippen LogP contribution in [0.2, 0.25) is 0 Å². The van der Waals surface area contributed by atoms with E-state index in [1.807, 2.05) is 18.2 Å².